The average molecular weight is 378 g/mol. The number of hydrogen-bond acceptors (Lipinski definition) is 5. The Balaban J connectivity index is 1.95. The monoisotopic (exact) mass is 378 g/mol. The Labute approximate surface area is 153 Å². The maximum Gasteiger partial charge on any atom is 0.338 e. The molecule has 0 aromatic heterocycles. The van der Waals surface area contributed by atoms with Crippen LogP contribution in [0.1, 0.15) is 17.3 Å². The summed E-state index contributed by atoms with van der Waals surface area (Å²) in [7, 11) is 0. The molecule has 27 heavy (non-hydrogen) atoms. The van der Waals surface area contributed by atoms with Gasteiger partial charge in [-0.15, -0.1) is 0 Å². The number of halogens is 2. The molecule has 0 aliphatic carbocycles. The minimum atomic E-state index is -1.26. The molecular weight excluding hydrogens is 362 g/mol. The summed E-state index contributed by atoms with van der Waals surface area (Å²) in [6.07, 6.45) is -1.26. The minimum Gasteiger partial charge on any atom is -0.484 e. The van der Waals surface area contributed by atoms with Gasteiger partial charge in [-0.3, -0.25) is 9.59 Å². The van der Waals surface area contributed by atoms with E-state index in [1.165, 1.54) is 31.2 Å². The minimum absolute atomic E-state index is 0.123. The summed E-state index contributed by atoms with van der Waals surface area (Å²) in [6.45, 7) is 0.979. The molecule has 3 N–H and O–H groups in total. The summed E-state index contributed by atoms with van der Waals surface area (Å²) in [5, 5.41) is 2.15. The smallest absolute Gasteiger partial charge is 0.338 e. The van der Waals surface area contributed by atoms with Crippen molar-refractivity contribution in [1.82, 2.24) is 0 Å². The summed E-state index contributed by atoms with van der Waals surface area (Å²) >= 11 is 0. The van der Waals surface area contributed by atoms with Crippen LogP contribution in [0.15, 0.2) is 42.5 Å². The molecule has 0 radical (unpaired) electrons. The van der Waals surface area contributed by atoms with E-state index in [0.29, 0.717) is 5.75 Å². The Morgan fingerprint density at radius 1 is 1.11 bits per heavy atom. The van der Waals surface area contributed by atoms with E-state index in [9.17, 15) is 23.2 Å². The molecule has 0 aliphatic rings. The Hall–Kier alpha value is -3.49. The third-order valence-corrected chi connectivity index (χ3v) is 3.31. The van der Waals surface area contributed by atoms with E-state index in [4.69, 9.17) is 15.2 Å². The number of primary amides is 1. The summed E-state index contributed by atoms with van der Waals surface area (Å²) in [5.74, 6) is -3.51. The van der Waals surface area contributed by atoms with Gasteiger partial charge >= 0.3 is 5.97 Å². The van der Waals surface area contributed by atoms with Crippen molar-refractivity contribution in [3.05, 3.63) is 59.7 Å². The topological polar surface area (TPSA) is 108 Å². The summed E-state index contributed by atoms with van der Waals surface area (Å²) in [6, 6.07) is 8.17. The number of amides is 2. The Kier molecular flexibility index (Phi) is 6.42. The second-order valence-electron chi connectivity index (χ2n) is 5.44. The molecule has 0 saturated carbocycles. The van der Waals surface area contributed by atoms with Gasteiger partial charge in [0, 0.05) is 6.07 Å². The van der Waals surface area contributed by atoms with Gasteiger partial charge in [-0.2, -0.15) is 0 Å². The molecule has 0 spiro atoms. The average Bonchev–Trinajstić information content (AvgIpc) is 2.63. The maximum absolute atomic E-state index is 13.5. The molecule has 2 aromatic carbocycles. The van der Waals surface area contributed by atoms with E-state index >= 15 is 0 Å². The number of hydrogen-bond donors (Lipinski definition) is 2. The van der Waals surface area contributed by atoms with Gasteiger partial charge in [0.1, 0.15) is 17.4 Å². The summed E-state index contributed by atoms with van der Waals surface area (Å²) in [5.41, 5.74) is 4.72. The highest BCUT2D eigenvalue weighted by Crippen LogP contribution is 2.17. The standard InChI is InChI=1S/C18H16F2N2O5/c1-10(17(24)22-15-8-12(19)4-7-14(15)20)27-18(25)11-2-5-13(6-3-11)26-9-16(21)23/h2-8,10H,9H2,1H3,(H2,21,23)(H,22,24)/t10-/m0/s1. The predicted molar refractivity (Wildman–Crippen MR) is 91.0 cm³/mol. The Morgan fingerprint density at radius 2 is 1.78 bits per heavy atom. The van der Waals surface area contributed by atoms with Gasteiger partial charge in [0.25, 0.3) is 11.8 Å². The third-order valence-electron chi connectivity index (χ3n) is 3.31. The molecule has 142 valence electrons. The fraction of sp³-hybridized carbons (Fsp3) is 0.167. The predicted octanol–water partition coefficient (Wildman–Crippen LogP) is 2.01. The first-order valence-electron chi connectivity index (χ1n) is 7.74. The highest BCUT2D eigenvalue weighted by atomic mass is 19.1. The molecule has 9 heteroatoms. The van der Waals surface area contributed by atoms with E-state index in [1.54, 1.807) is 0 Å². The number of rotatable bonds is 7. The second kappa shape index (κ2) is 8.75. The number of nitrogens with one attached hydrogen (secondary N) is 1. The van der Waals surface area contributed by atoms with E-state index < -0.39 is 35.5 Å². The molecule has 0 unspecified atom stereocenters. The fourth-order valence-electron chi connectivity index (χ4n) is 1.95. The van der Waals surface area contributed by atoms with Crippen molar-refractivity contribution < 1.29 is 32.6 Å². The van der Waals surface area contributed by atoms with Crippen LogP contribution >= 0.6 is 0 Å². The van der Waals surface area contributed by atoms with Crippen molar-refractivity contribution in [2.45, 2.75) is 13.0 Å². The lowest BCUT2D eigenvalue weighted by atomic mass is 10.2. The number of carbonyl (C=O) groups excluding carboxylic acids is 3. The van der Waals surface area contributed by atoms with Crippen LogP contribution in [-0.4, -0.2) is 30.5 Å². The molecule has 0 saturated heterocycles. The number of ether oxygens (including phenoxy) is 2. The molecule has 2 rings (SSSR count). The van der Waals surface area contributed by atoms with Crippen molar-refractivity contribution in [2.24, 2.45) is 5.73 Å². The highest BCUT2D eigenvalue weighted by Gasteiger charge is 2.20. The van der Waals surface area contributed by atoms with Crippen LogP contribution in [0.2, 0.25) is 0 Å². The normalized spacial score (nSPS) is 11.4. The lowest BCUT2D eigenvalue weighted by Gasteiger charge is -2.14. The Bertz CT molecular complexity index is 855. The van der Waals surface area contributed by atoms with Crippen molar-refractivity contribution >= 4 is 23.5 Å². The van der Waals surface area contributed by atoms with Crippen molar-refractivity contribution in [1.29, 1.82) is 0 Å². The number of anilines is 1. The number of benzene rings is 2. The van der Waals surface area contributed by atoms with Crippen LogP contribution in [0.25, 0.3) is 0 Å². The van der Waals surface area contributed by atoms with Gasteiger partial charge in [0.2, 0.25) is 0 Å². The molecule has 7 nitrogen and oxygen atoms in total. The summed E-state index contributed by atoms with van der Waals surface area (Å²) < 4.78 is 36.7. The lowest BCUT2D eigenvalue weighted by molar-refractivity contribution is -0.123. The van der Waals surface area contributed by atoms with Crippen molar-refractivity contribution in [3.63, 3.8) is 0 Å². The van der Waals surface area contributed by atoms with Gasteiger partial charge in [-0.05, 0) is 43.3 Å². The zero-order chi connectivity index (χ0) is 20.0. The van der Waals surface area contributed by atoms with Gasteiger partial charge in [-0.25, -0.2) is 13.6 Å². The molecule has 2 aromatic rings. The van der Waals surface area contributed by atoms with Crippen molar-refractivity contribution in [2.75, 3.05) is 11.9 Å². The maximum atomic E-state index is 13.5. The third kappa shape index (κ3) is 5.77. The van der Waals surface area contributed by atoms with Gasteiger partial charge in [-0.1, -0.05) is 0 Å². The summed E-state index contributed by atoms with van der Waals surface area (Å²) in [4.78, 5) is 34.7. The van der Waals surface area contributed by atoms with Crippen LogP contribution in [0, 0.1) is 11.6 Å². The molecule has 0 aliphatic heterocycles. The lowest BCUT2D eigenvalue weighted by Crippen LogP contribution is -2.30. The van der Waals surface area contributed by atoms with Gasteiger partial charge < -0.3 is 20.5 Å². The van der Waals surface area contributed by atoms with Crippen molar-refractivity contribution in [3.8, 4) is 5.75 Å². The van der Waals surface area contributed by atoms with Crippen LogP contribution < -0.4 is 15.8 Å². The number of esters is 1. The zero-order valence-corrected chi connectivity index (χ0v) is 14.2. The van der Waals surface area contributed by atoms with Gasteiger partial charge in [0.15, 0.2) is 12.7 Å². The van der Waals surface area contributed by atoms with E-state index in [-0.39, 0.29) is 17.9 Å². The van der Waals surface area contributed by atoms with E-state index in [1.807, 2.05) is 0 Å². The first-order valence-corrected chi connectivity index (χ1v) is 7.74. The van der Waals surface area contributed by atoms with Crippen LogP contribution in [0.5, 0.6) is 5.75 Å². The molecule has 2 amide bonds. The fourth-order valence-corrected chi connectivity index (χ4v) is 1.95. The van der Waals surface area contributed by atoms with E-state index in [0.717, 1.165) is 18.2 Å². The van der Waals surface area contributed by atoms with Crippen LogP contribution in [0.3, 0.4) is 0 Å². The molecular formula is C18H16F2N2O5. The molecule has 0 bridgehead atoms. The number of nitrogens with two attached hydrogens (primary N) is 1. The van der Waals surface area contributed by atoms with Crippen LogP contribution in [0.4, 0.5) is 14.5 Å². The van der Waals surface area contributed by atoms with E-state index in [2.05, 4.69) is 5.32 Å². The largest absolute Gasteiger partial charge is 0.484 e. The quantitative estimate of drug-likeness (QED) is 0.717. The Morgan fingerprint density at radius 3 is 2.41 bits per heavy atom. The SMILES string of the molecule is C[C@H](OC(=O)c1ccc(OCC(N)=O)cc1)C(=O)Nc1cc(F)ccc1F. The highest BCUT2D eigenvalue weighted by molar-refractivity contribution is 5.97. The van der Waals surface area contributed by atoms with Gasteiger partial charge in [0.05, 0.1) is 11.3 Å². The molecule has 1 atom stereocenters. The zero-order valence-electron chi connectivity index (χ0n) is 14.2. The number of carbonyl (C=O) groups is 3. The first kappa shape index (κ1) is 19.8. The second-order valence-corrected chi connectivity index (χ2v) is 5.44. The molecule has 0 fully saturated rings. The first-order chi connectivity index (χ1) is 12.8. The van der Waals surface area contributed by atoms with Crippen LogP contribution in [-0.2, 0) is 14.3 Å². The molecule has 0 heterocycles.